The molecule has 1 heteroatoms. The van der Waals surface area contributed by atoms with Crippen LogP contribution in [0.1, 0.15) is 39.0 Å². The highest BCUT2D eigenvalue weighted by Crippen LogP contribution is 2.32. The molecule has 10 heavy (non-hydrogen) atoms. The summed E-state index contributed by atoms with van der Waals surface area (Å²) >= 11 is 0. The summed E-state index contributed by atoms with van der Waals surface area (Å²) in [7, 11) is 0. The molecule has 2 rings (SSSR count). The maximum Gasteiger partial charge on any atom is 0.00984 e. The molecule has 0 aliphatic carbocycles. The molecule has 2 fully saturated rings. The molecule has 2 heterocycles. The Balaban J connectivity index is 2.00. The Labute approximate surface area is 63.2 Å². The number of rotatable bonds is 1. The molecular formula is C9H17N. The Morgan fingerprint density at radius 2 is 2.00 bits per heavy atom. The number of hydrogen-bond acceptors (Lipinski definition) is 1. The van der Waals surface area contributed by atoms with E-state index in [1.165, 1.54) is 32.1 Å². The Morgan fingerprint density at radius 3 is 2.80 bits per heavy atom. The summed E-state index contributed by atoms with van der Waals surface area (Å²) in [5.74, 6) is 0.999. The maximum absolute atomic E-state index is 3.69. The summed E-state index contributed by atoms with van der Waals surface area (Å²) in [4.78, 5) is 0. The van der Waals surface area contributed by atoms with Gasteiger partial charge in [-0.1, -0.05) is 13.3 Å². The van der Waals surface area contributed by atoms with Crippen LogP contribution in [0.15, 0.2) is 0 Å². The predicted molar refractivity (Wildman–Crippen MR) is 43.0 cm³/mol. The minimum atomic E-state index is 0.892. The fourth-order valence-corrected chi connectivity index (χ4v) is 2.55. The first-order valence-electron chi connectivity index (χ1n) is 4.66. The van der Waals surface area contributed by atoms with Gasteiger partial charge in [0.25, 0.3) is 0 Å². The Kier molecular flexibility index (Phi) is 1.69. The van der Waals surface area contributed by atoms with Crippen LogP contribution in [0.4, 0.5) is 0 Å². The van der Waals surface area contributed by atoms with Gasteiger partial charge in [-0.15, -0.1) is 0 Å². The highest BCUT2D eigenvalue weighted by atomic mass is 15.0. The topological polar surface area (TPSA) is 12.0 Å². The van der Waals surface area contributed by atoms with E-state index in [4.69, 9.17) is 0 Å². The molecule has 0 aromatic rings. The second-order valence-electron chi connectivity index (χ2n) is 3.79. The molecule has 0 aromatic heterocycles. The highest BCUT2D eigenvalue weighted by Gasteiger charge is 2.33. The molecule has 1 nitrogen and oxygen atoms in total. The van der Waals surface area contributed by atoms with Crippen molar-refractivity contribution in [1.82, 2.24) is 5.32 Å². The van der Waals surface area contributed by atoms with Gasteiger partial charge in [0.1, 0.15) is 0 Å². The third kappa shape index (κ3) is 0.968. The molecule has 1 N–H and O–H groups in total. The average Bonchev–Trinajstić information content (AvgIpc) is 2.34. The van der Waals surface area contributed by atoms with Crippen LogP contribution < -0.4 is 5.32 Å². The summed E-state index contributed by atoms with van der Waals surface area (Å²) in [6.07, 6.45) is 7.20. The third-order valence-corrected chi connectivity index (χ3v) is 3.26. The molecule has 0 amide bonds. The molecule has 58 valence electrons. The second-order valence-corrected chi connectivity index (χ2v) is 3.79. The van der Waals surface area contributed by atoms with Crippen molar-refractivity contribution in [3.8, 4) is 0 Å². The summed E-state index contributed by atoms with van der Waals surface area (Å²) in [5, 5.41) is 3.69. The zero-order valence-corrected chi connectivity index (χ0v) is 6.77. The fraction of sp³-hybridized carbons (Fsp3) is 1.00. The lowest BCUT2D eigenvalue weighted by atomic mass is 9.90. The number of fused-ring (bicyclic) bond motifs is 2. The summed E-state index contributed by atoms with van der Waals surface area (Å²) in [5.41, 5.74) is 0. The first-order chi connectivity index (χ1) is 4.90. The Bertz CT molecular complexity index is 122. The summed E-state index contributed by atoms with van der Waals surface area (Å²) < 4.78 is 0. The molecule has 2 bridgehead atoms. The maximum atomic E-state index is 3.69. The highest BCUT2D eigenvalue weighted by molar-refractivity contribution is 4.92. The quantitative estimate of drug-likeness (QED) is 0.585. The van der Waals surface area contributed by atoms with Crippen LogP contribution in [0.25, 0.3) is 0 Å². The summed E-state index contributed by atoms with van der Waals surface area (Å²) in [6.45, 7) is 2.32. The van der Waals surface area contributed by atoms with Crippen LogP contribution >= 0.6 is 0 Å². The summed E-state index contributed by atoms with van der Waals surface area (Å²) in [6, 6.07) is 1.79. The Morgan fingerprint density at radius 1 is 1.20 bits per heavy atom. The average molecular weight is 139 g/mol. The fourth-order valence-electron chi connectivity index (χ4n) is 2.55. The van der Waals surface area contributed by atoms with Crippen LogP contribution in [0.5, 0.6) is 0 Å². The van der Waals surface area contributed by atoms with E-state index in [-0.39, 0.29) is 0 Å². The third-order valence-electron chi connectivity index (χ3n) is 3.26. The lowest BCUT2D eigenvalue weighted by molar-refractivity contribution is 0.283. The zero-order valence-electron chi connectivity index (χ0n) is 6.77. The normalized spacial score (nSPS) is 45.9. The van der Waals surface area contributed by atoms with Gasteiger partial charge in [0.15, 0.2) is 0 Å². The number of piperidine rings is 1. The van der Waals surface area contributed by atoms with E-state index in [2.05, 4.69) is 12.2 Å². The van der Waals surface area contributed by atoms with E-state index >= 15 is 0 Å². The molecule has 3 unspecified atom stereocenters. The van der Waals surface area contributed by atoms with Gasteiger partial charge in [0, 0.05) is 12.1 Å². The lowest BCUT2D eigenvalue weighted by Crippen LogP contribution is -2.39. The van der Waals surface area contributed by atoms with Gasteiger partial charge < -0.3 is 5.32 Å². The monoisotopic (exact) mass is 139 g/mol. The molecule has 0 radical (unpaired) electrons. The van der Waals surface area contributed by atoms with Crippen molar-refractivity contribution in [2.75, 3.05) is 0 Å². The van der Waals surface area contributed by atoms with Crippen molar-refractivity contribution in [2.24, 2.45) is 5.92 Å². The minimum Gasteiger partial charge on any atom is -0.311 e. The number of nitrogens with one attached hydrogen (secondary N) is 1. The molecular weight excluding hydrogens is 122 g/mol. The van der Waals surface area contributed by atoms with Crippen LogP contribution in [-0.4, -0.2) is 12.1 Å². The van der Waals surface area contributed by atoms with Crippen molar-refractivity contribution >= 4 is 0 Å². The first-order valence-corrected chi connectivity index (χ1v) is 4.66. The lowest BCUT2D eigenvalue weighted by Gasteiger charge is -2.29. The van der Waals surface area contributed by atoms with Crippen molar-refractivity contribution in [2.45, 2.75) is 51.1 Å². The zero-order chi connectivity index (χ0) is 6.97. The second kappa shape index (κ2) is 2.54. The van der Waals surface area contributed by atoms with Crippen molar-refractivity contribution in [3.63, 3.8) is 0 Å². The SMILES string of the molecule is CCC1CCC2CCC1N2. The van der Waals surface area contributed by atoms with E-state index in [1.807, 2.05) is 0 Å². The van der Waals surface area contributed by atoms with Crippen LogP contribution in [0.3, 0.4) is 0 Å². The van der Waals surface area contributed by atoms with Gasteiger partial charge in [0.2, 0.25) is 0 Å². The Hall–Kier alpha value is -0.0400. The van der Waals surface area contributed by atoms with Crippen LogP contribution in [-0.2, 0) is 0 Å². The molecule has 2 aliphatic heterocycles. The molecule has 0 aromatic carbocycles. The van der Waals surface area contributed by atoms with Gasteiger partial charge in [-0.2, -0.15) is 0 Å². The van der Waals surface area contributed by atoms with Gasteiger partial charge in [-0.3, -0.25) is 0 Å². The molecule has 2 saturated heterocycles. The molecule has 0 spiro atoms. The van der Waals surface area contributed by atoms with Gasteiger partial charge >= 0.3 is 0 Å². The predicted octanol–water partition coefficient (Wildman–Crippen LogP) is 1.93. The van der Waals surface area contributed by atoms with E-state index in [0.29, 0.717) is 0 Å². The van der Waals surface area contributed by atoms with Gasteiger partial charge in [0.05, 0.1) is 0 Å². The van der Waals surface area contributed by atoms with E-state index in [0.717, 1.165) is 18.0 Å². The van der Waals surface area contributed by atoms with E-state index < -0.39 is 0 Å². The largest absolute Gasteiger partial charge is 0.311 e. The molecule has 2 aliphatic rings. The minimum absolute atomic E-state index is 0.892. The van der Waals surface area contributed by atoms with E-state index in [9.17, 15) is 0 Å². The van der Waals surface area contributed by atoms with E-state index in [1.54, 1.807) is 0 Å². The van der Waals surface area contributed by atoms with Crippen molar-refractivity contribution < 1.29 is 0 Å². The van der Waals surface area contributed by atoms with Gasteiger partial charge in [-0.05, 0) is 31.6 Å². The van der Waals surface area contributed by atoms with Crippen molar-refractivity contribution in [3.05, 3.63) is 0 Å². The van der Waals surface area contributed by atoms with Crippen molar-refractivity contribution in [1.29, 1.82) is 0 Å². The number of hydrogen-bond donors (Lipinski definition) is 1. The first kappa shape index (κ1) is 6.66. The molecule has 3 atom stereocenters. The van der Waals surface area contributed by atoms with Gasteiger partial charge in [-0.25, -0.2) is 0 Å². The van der Waals surface area contributed by atoms with Crippen LogP contribution in [0, 0.1) is 5.92 Å². The smallest absolute Gasteiger partial charge is 0.00984 e. The molecule has 0 saturated carbocycles. The van der Waals surface area contributed by atoms with Crippen LogP contribution in [0.2, 0.25) is 0 Å². The standard InChI is InChI=1S/C9H17N/c1-2-7-3-4-8-5-6-9(7)10-8/h7-10H,2-6H2,1H3.